The molecule has 0 aromatic heterocycles. The SMILES string of the molecule is O=C1OCC(O)C(OC2OC(CO)C(O)C(O)C2O)C(O)C1O. The van der Waals surface area contributed by atoms with Gasteiger partial charge in [0.25, 0.3) is 0 Å². The fraction of sp³-hybridized carbons (Fsp3) is 0.917. The average Bonchev–Trinajstić information content (AvgIpc) is 2.62. The Morgan fingerprint density at radius 1 is 1.00 bits per heavy atom. The summed E-state index contributed by atoms with van der Waals surface area (Å²) in [7, 11) is 0. The molecule has 0 aliphatic carbocycles. The van der Waals surface area contributed by atoms with Crippen LogP contribution in [0.2, 0.25) is 0 Å². The third-order valence-corrected chi connectivity index (χ3v) is 3.82. The highest BCUT2D eigenvalue weighted by molar-refractivity contribution is 5.75. The predicted octanol–water partition coefficient (Wildman–Crippen LogP) is -5.19. The van der Waals surface area contributed by atoms with Gasteiger partial charge in [0.1, 0.15) is 49.3 Å². The Morgan fingerprint density at radius 2 is 1.65 bits per heavy atom. The van der Waals surface area contributed by atoms with E-state index >= 15 is 0 Å². The van der Waals surface area contributed by atoms with Gasteiger partial charge in [-0.05, 0) is 0 Å². The summed E-state index contributed by atoms with van der Waals surface area (Å²) >= 11 is 0. The van der Waals surface area contributed by atoms with Crippen LogP contribution in [0.3, 0.4) is 0 Å². The van der Waals surface area contributed by atoms with Gasteiger partial charge in [0.05, 0.1) is 6.61 Å². The van der Waals surface area contributed by atoms with Crippen LogP contribution in [0, 0.1) is 0 Å². The quantitative estimate of drug-likeness (QED) is 0.243. The van der Waals surface area contributed by atoms with E-state index in [1.165, 1.54) is 0 Å². The van der Waals surface area contributed by atoms with Gasteiger partial charge in [-0.3, -0.25) is 0 Å². The number of rotatable bonds is 3. The number of hydrogen-bond acceptors (Lipinski definition) is 11. The molecule has 0 aromatic carbocycles. The molecule has 9 unspecified atom stereocenters. The minimum atomic E-state index is -1.98. The Hall–Kier alpha value is -0.890. The van der Waals surface area contributed by atoms with E-state index in [0.29, 0.717) is 0 Å². The van der Waals surface area contributed by atoms with Gasteiger partial charge in [-0.15, -0.1) is 0 Å². The highest BCUT2D eigenvalue weighted by Gasteiger charge is 2.48. The van der Waals surface area contributed by atoms with E-state index in [1.807, 2.05) is 0 Å². The van der Waals surface area contributed by atoms with Gasteiger partial charge in [-0.25, -0.2) is 4.79 Å². The van der Waals surface area contributed by atoms with E-state index in [4.69, 9.17) is 14.6 Å². The first-order valence-electron chi connectivity index (χ1n) is 6.94. The molecule has 2 heterocycles. The Bertz CT molecular complexity index is 416. The minimum Gasteiger partial charge on any atom is -0.461 e. The molecule has 23 heavy (non-hydrogen) atoms. The van der Waals surface area contributed by atoms with E-state index in [1.54, 1.807) is 0 Å². The van der Waals surface area contributed by atoms with Crippen molar-refractivity contribution in [2.45, 2.75) is 55.1 Å². The molecule has 9 atom stereocenters. The summed E-state index contributed by atoms with van der Waals surface area (Å²) < 4.78 is 14.8. The van der Waals surface area contributed by atoms with Crippen LogP contribution >= 0.6 is 0 Å². The normalized spacial score (nSPS) is 48.7. The van der Waals surface area contributed by atoms with E-state index < -0.39 is 74.3 Å². The van der Waals surface area contributed by atoms with Crippen molar-refractivity contribution in [3.8, 4) is 0 Å². The Morgan fingerprint density at radius 3 is 2.26 bits per heavy atom. The van der Waals surface area contributed by atoms with Crippen molar-refractivity contribution in [3.63, 3.8) is 0 Å². The maximum absolute atomic E-state index is 11.3. The Labute approximate surface area is 130 Å². The first kappa shape index (κ1) is 18.4. The van der Waals surface area contributed by atoms with Gasteiger partial charge in [0.15, 0.2) is 12.4 Å². The standard InChI is InChI=1S/C12H20O11/c13-1-4-5(15)6(16)9(19)12(22-4)23-10-3(14)2-21-11(20)8(18)7(10)17/h3-10,12-19H,1-2H2. The van der Waals surface area contributed by atoms with Crippen molar-refractivity contribution < 1.29 is 54.8 Å². The highest BCUT2D eigenvalue weighted by Crippen LogP contribution is 2.25. The number of cyclic esters (lactones) is 1. The number of carbonyl (C=O) groups is 1. The van der Waals surface area contributed by atoms with Crippen molar-refractivity contribution in [2.24, 2.45) is 0 Å². The zero-order chi connectivity index (χ0) is 17.3. The van der Waals surface area contributed by atoms with Crippen molar-refractivity contribution in [1.29, 1.82) is 0 Å². The monoisotopic (exact) mass is 340 g/mol. The number of aliphatic hydroxyl groups excluding tert-OH is 7. The van der Waals surface area contributed by atoms with Crippen molar-refractivity contribution in [2.75, 3.05) is 13.2 Å². The van der Waals surface area contributed by atoms with Crippen LogP contribution in [-0.2, 0) is 19.0 Å². The fourth-order valence-corrected chi connectivity index (χ4v) is 2.40. The molecule has 2 fully saturated rings. The van der Waals surface area contributed by atoms with Gasteiger partial charge in [0, 0.05) is 0 Å². The number of esters is 1. The molecule has 2 aliphatic heterocycles. The molecule has 2 saturated heterocycles. The zero-order valence-corrected chi connectivity index (χ0v) is 11.9. The summed E-state index contributed by atoms with van der Waals surface area (Å²) in [5.74, 6) is -1.16. The van der Waals surface area contributed by atoms with Crippen molar-refractivity contribution in [3.05, 3.63) is 0 Å². The number of aliphatic hydroxyl groups is 7. The molecular formula is C12H20O11. The lowest BCUT2D eigenvalue weighted by Gasteiger charge is -2.41. The van der Waals surface area contributed by atoms with Gasteiger partial charge >= 0.3 is 5.97 Å². The second kappa shape index (κ2) is 7.34. The molecule has 0 bridgehead atoms. The van der Waals surface area contributed by atoms with E-state index in [0.717, 1.165) is 0 Å². The van der Waals surface area contributed by atoms with Crippen LogP contribution in [0.5, 0.6) is 0 Å². The number of ether oxygens (including phenoxy) is 3. The lowest BCUT2D eigenvalue weighted by molar-refractivity contribution is -0.325. The van der Waals surface area contributed by atoms with Gasteiger partial charge in [-0.1, -0.05) is 0 Å². The number of hydrogen-bond donors (Lipinski definition) is 7. The lowest BCUT2D eigenvalue weighted by Crippen LogP contribution is -2.61. The minimum absolute atomic E-state index is 0.574. The van der Waals surface area contributed by atoms with Crippen LogP contribution < -0.4 is 0 Å². The molecule has 7 N–H and O–H groups in total. The first-order chi connectivity index (χ1) is 10.8. The maximum atomic E-state index is 11.3. The summed E-state index contributed by atoms with van der Waals surface area (Å²) in [5.41, 5.74) is 0. The fourth-order valence-electron chi connectivity index (χ4n) is 2.40. The average molecular weight is 340 g/mol. The summed E-state index contributed by atoms with van der Waals surface area (Å²) in [6.07, 6.45) is -15.0. The van der Waals surface area contributed by atoms with Crippen molar-refractivity contribution >= 4 is 5.97 Å². The maximum Gasteiger partial charge on any atom is 0.337 e. The van der Waals surface area contributed by atoms with Gasteiger partial charge < -0.3 is 50.0 Å². The molecule has 0 aromatic rings. The molecule has 0 spiro atoms. The third-order valence-electron chi connectivity index (χ3n) is 3.82. The van der Waals surface area contributed by atoms with Gasteiger partial charge in [0.2, 0.25) is 0 Å². The molecule has 0 saturated carbocycles. The molecule has 11 heteroatoms. The van der Waals surface area contributed by atoms with Crippen LogP contribution in [0.1, 0.15) is 0 Å². The van der Waals surface area contributed by atoms with Crippen LogP contribution in [0.4, 0.5) is 0 Å². The highest BCUT2D eigenvalue weighted by atomic mass is 16.7. The topological polar surface area (TPSA) is 186 Å². The molecule has 2 aliphatic rings. The van der Waals surface area contributed by atoms with E-state index in [-0.39, 0.29) is 0 Å². The first-order valence-corrected chi connectivity index (χ1v) is 6.94. The molecule has 0 radical (unpaired) electrons. The second-order valence-electron chi connectivity index (χ2n) is 5.43. The molecule has 11 nitrogen and oxygen atoms in total. The summed E-state index contributed by atoms with van der Waals surface area (Å²) in [6.45, 7) is -1.26. The Kier molecular flexibility index (Phi) is 5.89. The van der Waals surface area contributed by atoms with Crippen molar-refractivity contribution in [1.82, 2.24) is 0 Å². The molecular weight excluding hydrogens is 320 g/mol. The summed E-state index contributed by atoms with van der Waals surface area (Å²) in [6, 6.07) is 0. The molecule has 0 amide bonds. The van der Waals surface area contributed by atoms with Crippen LogP contribution in [0.25, 0.3) is 0 Å². The smallest absolute Gasteiger partial charge is 0.337 e. The summed E-state index contributed by atoms with van der Waals surface area (Å²) in [5, 5.41) is 67.5. The zero-order valence-electron chi connectivity index (χ0n) is 11.9. The largest absolute Gasteiger partial charge is 0.461 e. The molecule has 2 rings (SSSR count). The predicted molar refractivity (Wildman–Crippen MR) is 67.6 cm³/mol. The van der Waals surface area contributed by atoms with E-state index in [2.05, 4.69) is 4.74 Å². The van der Waals surface area contributed by atoms with Crippen LogP contribution in [0.15, 0.2) is 0 Å². The van der Waals surface area contributed by atoms with Crippen LogP contribution in [-0.4, -0.2) is 110 Å². The second-order valence-corrected chi connectivity index (χ2v) is 5.43. The lowest BCUT2D eigenvalue weighted by atomic mass is 9.98. The third kappa shape index (κ3) is 3.63. The van der Waals surface area contributed by atoms with Gasteiger partial charge in [-0.2, -0.15) is 0 Å². The summed E-state index contributed by atoms with van der Waals surface area (Å²) in [4.78, 5) is 11.3. The number of carbonyl (C=O) groups excluding carboxylic acids is 1. The Balaban J connectivity index is 2.13. The van der Waals surface area contributed by atoms with E-state index in [9.17, 15) is 35.4 Å². The molecule has 134 valence electrons.